The molecular weight excluding hydrogens is 77.0 g/mol. The highest BCUT2D eigenvalue weighted by Gasteiger charge is 1.76. The maximum absolute atomic E-state index is 8.20. The van der Waals surface area contributed by atoms with Gasteiger partial charge in [-0.05, 0) is 6.42 Å². The Hall–Kier alpha value is -0.0400. The van der Waals surface area contributed by atoms with E-state index in [-0.39, 0.29) is 0 Å². The fourth-order valence-corrected chi connectivity index (χ4v) is 0.362. The number of hydrogen-bond acceptors (Lipinski definition) is 1. The molecule has 1 nitrogen and oxygen atoms in total. The lowest BCUT2D eigenvalue weighted by Gasteiger charge is -1.85. The fraction of sp³-hybridized carbons (Fsp3) is 1.00. The van der Waals surface area contributed by atoms with Crippen LogP contribution in [0.3, 0.4) is 0 Å². The van der Waals surface area contributed by atoms with E-state index in [1.165, 1.54) is 6.42 Å². The van der Waals surface area contributed by atoms with Crippen molar-refractivity contribution < 1.29 is 5.11 Å². The van der Waals surface area contributed by atoms with Gasteiger partial charge in [0, 0.05) is 6.61 Å². The van der Waals surface area contributed by atoms with Crippen molar-refractivity contribution in [3.8, 4) is 0 Å². The topological polar surface area (TPSA) is 20.2 Å². The van der Waals surface area contributed by atoms with E-state index in [4.69, 9.17) is 5.11 Å². The van der Waals surface area contributed by atoms with E-state index in [1.807, 2.05) is 0 Å². The molecule has 0 aliphatic heterocycles. The van der Waals surface area contributed by atoms with Gasteiger partial charge in [0.05, 0.1) is 0 Å². The van der Waals surface area contributed by atoms with Gasteiger partial charge in [-0.25, -0.2) is 0 Å². The zero-order valence-electron chi connectivity index (χ0n) is 4.28. The van der Waals surface area contributed by atoms with Crippen LogP contribution >= 0.6 is 0 Å². The van der Waals surface area contributed by atoms with Crippen molar-refractivity contribution in [3.63, 3.8) is 0 Å². The number of aliphatic hydroxyl groups excluding tert-OH is 1. The standard InChI is InChI=1S/C5H12O/c1-2-3-4-5-6/h6H,2-5H2,1H3/i5+1. The van der Waals surface area contributed by atoms with Gasteiger partial charge in [-0.1, -0.05) is 19.8 Å². The van der Waals surface area contributed by atoms with Crippen LogP contribution in [0.2, 0.25) is 0 Å². The first-order valence-electron chi connectivity index (χ1n) is 2.52. The number of aliphatic hydroxyl groups is 1. The summed E-state index contributed by atoms with van der Waals surface area (Å²) in [5.74, 6) is 0. The molecule has 6 heavy (non-hydrogen) atoms. The first kappa shape index (κ1) is 5.96. The van der Waals surface area contributed by atoms with Crippen LogP contribution in [0.15, 0.2) is 0 Å². The minimum atomic E-state index is 0.355. The third kappa shape index (κ3) is 3.96. The Morgan fingerprint density at radius 1 is 1.33 bits per heavy atom. The largest absolute Gasteiger partial charge is 0.396 e. The van der Waals surface area contributed by atoms with Crippen molar-refractivity contribution in [1.29, 1.82) is 0 Å². The Morgan fingerprint density at radius 2 is 2.00 bits per heavy atom. The minimum Gasteiger partial charge on any atom is -0.396 e. The molecule has 0 aromatic carbocycles. The Balaban J connectivity index is 2.34. The molecule has 0 radical (unpaired) electrons. The van der Waals surface area contributed by atoms with Gasteiger partial charge < -0.3 is 5.11 Å². The van der Waals surface area contributed by atoms with Gasteiger partial charge in [-0.3, -0.25) is 0 Å². The van der Waals surface area contributed by atoms with Crippen molar-refractivity contribution >= 4 is 0 Å². The van der Waals surface area contributed by atoms with Crippen LogP contribution in [0.25, 0.3) is 0 Å². The van der Waals surface area contributed by atoms with Gasteiger partial charge in [0.15, 0.2) is 0 Å². The van der Waals surface area contributed by atoms with Gasteiger partial charge in [0.2, 0.25) is 0 Å². The monoisotopic (exact) mass is 89.1 g/mol. The molecule has 1 heteroatoms. The summed E-state index contributed by atoms with van der Waals surface area (Å²) in [5, 5.41) is 8.20. The molecule has 38 valence electrons. The van der Waals surface area contributed by atoms with Crippen molar-refractivity contribution in [3.05, 3.63) is 0 Å². The van der Waals surface area contributed by atoms with Gasteiger partial charge in [0.25, 0.3) is 0 Å². The van der Waals surface area contributed by atoms with Gasteiger partial charge in [0.1, 0.15) is 0 Å². The summed E-state index contributed by atoms with van der Waals surface area (Å²) in [5.41, 5.74) is 0. The summed E-state index contributed by atoms with van der Waals surface area (Å²) in [7, 11) is 0. The van der Waals surface area contributed by atoms with Crippen LogP contribution in [-0.2, 0) is 0 Å². The lowest BCUT2D eigenvalue weighted by molar-refractivity contribution is 0.284. The van der Waals surface area contributed by atoms with E-state index in [0.29, 0.717) is 6.61 Å². The maximum Gasteiger partial charge on any atom is 0.0431 e. The van der Waals surface area contributed by atoms with Crippen molar-refractivity contribution in [2.45, 2.75) is 26.2 Å². The van der Waals surface area contributed by atoms with E-state index < -0.39 is 0 Å². The number of unbranched alkanes of at least 4 members (excludes halogenated alkanes) is 2. The van der Waals surface area contributed by atoms with E-state index in [9.17, 15) is 0 Å². The molecule has 1 N–H and O–H groups in total. The Kier molecular flexibility index (Phi) is 4.93. The first-order valence-corrected chi connectivity index (χ1v) is 2.52. The van der Waals surface area contributed by atoms with Gasteiger partial charge >= 0.3 is 0 Å². The average molecular weight is 89.1 g/mol. The summed E-state index contributed by atoms with van der Waals surface area (Å²) in [4.78, 5) is 0. The predicted octanol–water partition coefficient (Wildman–Crippen LogP) is 1.17. The van der Waals surface area contributed by atoms with Crippen LogP contribution in [0.4, 0.5) is 0 Å². The molecule has 0 spiro atoms. The lowest BCUT2D eigenvalue weighted by Crippen LogP contribution is -1.78. The molecular formula is C5H12O. The maximum atomic E-state index is 8.20. The molecule has 0 aliphatic carbocycles. The second-order valence-electron chi connectivity index (χ2n) is 1.43. The minimum absolute atomic E-state index is 0.355. The van der Waals surface area contributed by atoms with Crippen LogP contribution in [0.5, 0.6) is 0 Å². The zero-order valence-corrected chi connectivity index (χ0v) is 4.28. The van der Waals surface area contributed by atoms with E-state index in [0.717, 1.165) is 12.8 Å². The molecule has 0 bridgehead atoms. The molecule has 0 aromatic heterocycles. The summed E-state index contributed by atoms with van der Waals surface area (Å²) < 4.78 is 0. The van der Waals surface area contributed by atoms with Crippen LogP contribution in [0.1, 0.15) is 26.2 Å². The van der Waals surface area contributed by atoms with Gasteiger partial charge in [-0.15, -0.1) is 0 Å². The van der Waals surface area contributed by atoms with E-state index in [1.54, 1.807) is 0 Å². The van der Waals surface area contributed by atoms with Crippen LogP contribution in [-0.4, -0.2) is 11.7 Å². The molecule has 0 saturated heterocycles. The van der Waals surface area contributed by atoms with Crippen molar-refractivity contribution in [2.75, 3.05) is 6.61 Å². The molecule has 0 heterocycles. The summed E-state index contributed by atoms with van der Waals surface area (Å²) >= 11 is 0. The highest BCUT2D eigenvalue weighted by Crippen LogP contribution is 1.89. The third-order valence-corrected chi connectivity index (χ3v) is 0.762. The molecule has 0 aromatic rings. The third-order valence-electron chi connectivity index (χ3n) is 0.762. The fourth-order valence-electron chi connectivity index (χ4n) is 0.362. The summed E-state index contributed by atoms with van der Waals surface area (Å²) in [6, 6.07) is 0. The van der Waals surface area contributed by atoms with Crippen molar-refractivity contribution in [1.82, 2.24) is 0 Å². The molecule has 0 fully saturated rings. The zero-order chi connectivity index (χ0) is 4.83. The molecule has 0 atom stereocenters. The molecule has 0 rings (SSSR count). The van der Waals surface area contributed by atoms with E-state index in [2.05, 4.69) is 6.92 Å². The predicted molar refractivity (Wildman–Crippen MR) is 26.6 cm³/mol. The summed E-state index contributed by atoms with van der Waals surface area (Å²) in [6.45, 7) is 2.48. The highest BCUT2D eigenvalue weighted by atomic mass is 16.3. The molecule has 0 amide bonds. The van der Waals surface area contributed by atoms with Crippen LogP contribution in [0, 0.1) is 0 Å². The van der Waals surface area contributed by atoms with Gasteiger partial charge in [-0.2, -0.15) is 0 Å². The van der Waals surface area contributed by atoms with Crippen LogP contribution < -0.4 is 0 Å². The Morgan fingerprint density at radius 3 is 2.17 bits per heavy atom. The molecule has 0 saturated carbocycles. The number of hydrogen-bond donors (Lipinski definition) is 1. The lowest BCUT2D eigenvalue weighted by atomic mass is 10.3. The smallest absolute Gasteiger partial charge is 0.0431 e. The molecule has 0 aliphatic rings. The normalized spacial score (nSPS) is 9.00. The van der Waals surface area contributed by atoms with E-state index >= 15 is 0 Å². The Labute approximate surface area is 39.0 Å². The first-order chi connectivity index (χ1) is 2.91. The molecule has 0 unspecified atom stereocenters. The second-order valence-corrected chi connectivity index (χ2v) is 1.43. The van der Waals surface area contributed by atoms with Crippen molar-refractivity contribution in [2.24, 2.45) is 0 Å². The number of rotatable bonds is 3. The highest BCUT2D eigenvalue weighted by molar-refractivity contribution is 4.30. The summed E-state index contributed by atoms with van der Waals surface area (Å²) in [6.07, 6.45) is 3.33. The average Bonchev–Trinajstić information content (AvgIpc) is 1.61. The SMILES string of the molecule is CCCC[13CH2]O. The quantitative estimate of drug-likeness (QED) is 0.406. The second kappa shape index (κ2) is 4.96. The Bertz CT molecular complexity index is 15.9.